The van der Waals surface area contributed by atoms with Gasteiger partial charge in [-0.05, 0) is 24.3 Å². The number of benzene rings is 2. The summed E-state index contributed by atoms with van der Waals surface area (Å²) in [5.41, 5.74) is 0.793. The van der Waals surface area contributed by atoms with Crippen molar-refractivity contribution in [2.75, 3.05) is 7.11 Å². The van der Waals surface area contributed by atoms with Crippen molar-refractivity contribution in [3.8, 4) is 5.75 Å². The number of methoxy groups -OCH3 is 1. The zero-order valence-corrected chi connectivity index (χ0v) is 12.6. The number of ether oxygens (including phenoxy) is 1. The second-order valence-electron chi connectivity index (χ2n) is 4.70. The van der Waals surface area contributed by atoms with Crippen LogP contribution in [0.15, 0.2) is 59.6 Å². The lowest BCUT2D eigenvalue weighted by molar-refractivity contribution is 0.112. The van der Waals surface area contributed by atoms with Crippen molar-refractivity contribution in [1.29, 1.82) is 0 Å². The van der Waals surface area contributed by atoms with E-state index in [1.165, 1.54) is 25.4 Å². The van der Waals surface area contributed by atoms with E-state index in [2.05, 4.69) is 0 Å². The van der Waals surface area contributed by atoms with Gasteiger partial charge in [-0.3, -0.25) is 4.79 Å². The molecular weight excluding hydrogens is 302 g/mol. The van der Waals surface area contributed by atoms with Crippen molar-refractivity contribution in [3.63, 3.8) is 0 Å². The van der Waals surface area contributed by atoms with E-state index in [0.717, 1.165) is 3.97 Å². The Bertz CT molecular complexity index is 943. The fraction of sp³-hybridized carbons (Fsp3) is 0.0625. The van der Waals surface area contributed by atoms with E-state index >= 15 is 0 Å². The first-order chi connectivity index (χ1) is 10.6. The maximum atomic E-state index is 12.7. The fourth-order valence-corrected chi connectivity index (χ4v) is 3.71. The predicted octanol–water partition coefficient (Wildman–Crippen LogP) is 2.70. The molecular formula is C16H13NO4S. The predicted molar refractivity (Wildman–Crippen MR) is 82.9 cm³/mol. The number of hydrogen-bond donors (Lipinski definition) is 0. The summed E-state index contributed by atoms with van der Waals surface area (Å²) in [6.07, 6.45) is 2.13. The van der Waals surface area contributed by atoms with Crippen LogP contribution in [0.3, 0.4) is 0 Å². The molecule has 0 amide bonds. The molecule has 0 atom stereocenters. The third-order valence-corrected chi connectivity index (χ3v) is 5.14. The zero-order valence-electron chi connectivity index (χ0n) is 11.8. The molecule has 0 bridgehead atoms. The molecule has 5 nitrogen and oxygen atoms in total. The van der Waals surface area contributed by atoms with Gasteiger partial charge in [0.25, 0.3) is 10.0 Å². The van der Waals surface area contributed by atoms with Crippen molar-refractivity contribution < 1.29 is 17.9 Å². The first-order valence-electron chi connectivity index (χ1n) is 6.53. The standard InChI is InChI=1S/C16H13NO4S/c1-21-13-9-12(11-18)15-7-8-17(16(15)10-13)22(19,20)14-5-3-2-4-6-14/h2-11H,1H3. The van der Waals surface area contributed by atoms with E-state index < -0.39 is 10.0 Å². The molecule has 22 heavy (non-hydrogen) atoms. The van der Waals surface area contributed by atoms with Gasteiger partial charge in [0, 0.05) is 23.2 Å². The van der Waals surface area contributed by atoms with Crippen LogP contribution >= 0.6 is 0 Å². The molecule has 0 saturated heterocycles. The van der Waals surface area contributed by atoms with Crippen LogP contribution in [0.1, 0.15) is 10.4 Å². The molecule has 0 saturated carbocycles. The molecule has 0 aliphatic carbocycles. The lowest BCUT2D eigenvalue weighted by Gasteiger charge is -2.09. The summed E-state index contributed by atoms with van der Waals surface area (Å²) >= 11 is 0. The number of carbonyl (C=O) groups is 1. The Kier molecular flexibility index (Phi) is 3.46. The Hall–Kier alpha value is -2.60. The average Bonchev–Trinajstić information content (AvgIpc) is 2.99. The second-order valence-corrected chi connectivity index (χ2v) is 6.51. The third-order valence-electron chi connectivity index (χ3n) is 3.44. The SMILES string of the molecule is COc1cc(C=O)c2ccn(S(=O)(=O)c3ccccc3)c2c1. The summed E-state index contributed by atoms with van der Waals surface area (Å²) in [7, 11) is -2.26. The van der Waals surface area contributed by atoms with Crippen LogP contribution in [0.5, 0.6) is 5.75 Å². The van der Waals surface area contributed by atoms with E-state index in [4.69, 9.17) is 4.74 Å². The molecule has 0 radical (unpaired) electrons. The van der Waals surface area contributed by atoms with Crippen LogP contribution in [0.2, 0.25) is 0 Å². The Labute approximate surface area is 127 Å². The largest absolute Gasteiger partial charge is 0.497 e. The molecule has 0 aliphatic rings. The van der Waals surface area contributed by atoms with Gasteiger partial charge < -0.3 is 4.74 Å². The highest BCUT2D eigenvalue weighted by atomic mass is 32.2. The highest BCUT2D eigenvalue weighted by molar-refractivity contribution is 7.90. The van der Waals surface area contributed by atoms with Gasteiger partial charge in [0.15, 0.2) is 6.29 Å². The average molecular weight is 315 g/mol. The van der Waals surface area contributed by atoms with Gasteiger partial charge >= 0.3 is 0 Å². The number of aromatic nitrogens is 1. The first kappa shape index (κ1) is 14.3. The molecule has 0 aliphatic heterocycles. The highest BCUT2D eigenvalue weighted by Gasteiger charge is 2.20. The van der Waals surface area contributed by atoms with Crippen LogP contribution in [0, 0.1) is 0 Å². The summed E-state index contributed by atoms with van der Waals surface area (Å²) in [5.74, 6) is 0.429. The van der Waals surface area contributed by atoms with Crippen molar-refractivity contribution >= 4 is 27.2 Å². The van der Waals surface area contributed by atoms with E-state index in [9.17, 15) is 13.2 Å². The molecule has 0 fully saturated rings. The maximum absolute atomic E-state index is 12.7. The molecule has 1 aromatic heterocycles. The first-order valence-corrected chi connectivity index (χ1v) is 7.97. The molecule has 0 unspecified atom stereocenters. The topological polar surface area (TPSA) is 65.4 Å². The zero-order chi connectivity index (χ0) is 15.7. The van der Waals surface area contributed by atoms with Crippen LogP contribution in [-0.2, 0) is 10.0 Å². The van der Waals surface area contributed by atoms with E-state index in [0.29, 0.717) is 28.5 Å². The van der Waals surface area contributed by atoms with Crippen LogP contribution in [-0.4, -0.2) is 25.8 Å². The monoisotopic (exact) mass is 315 g/mol. The van der Waals surface area contributed by atoms with Gasteiger partial charge in [0.2, 0.25) is 0 Å². The molecule has 1 heterocycles. The van der Waals surface area contributed by atoms with Gasteiger partial charge in [-0.15, -0.1) is 0 Å². The highest BCUT2D eigenvalue weighted by Crippen LogP contribution is 2.28. The summed E-state index contributed by atoms with van der Waals surface area (Å²) < 4.78 is 31.8. The van der Waals surface area contributed by atoms with Crippen LogP contribution < -0.4 is 4.74 Å². The molecule has 3 rings (SSSR count). The number of nitrogens with zero attached hydrogens (tertiary/aromatic N) is 1. The van der Waals surface area contributed by atoms with Crippen molar-refractivity contribution in [3.05, 3.63) is 60.3 Å². The molecule has 2 aromatic carbocycles. The number of hydrogen-bond acceptors (Lipinski definition) is 4. The van der Waals surface area contributed by atoms with Gasteiger partial charge in [0.05, 0.1) is 17.5 Å². The molecule has 0 N–H and O–H groups in total. The molecule has 6 heteroatoms. The van der Waals surface area contributed by atoms with Crippen molar-refractivity contribution in [2.24, 2.45) is 0 Å². The molecule has 0 spiro atoms. The summed E-state index contributed by atoms with van der Waals surface area (Å²) in [6.45, 7) is 0. The van der Waals surface area contributed by atoms with Gasteiger partial charge in [-0.1, -0.05) is 18.2 Å². The summed E-state index contributed by atoms with van der Waals surface area (Å²) in [4.78, 5) is 11.4. The number of fused-ring (bicyclic) bond motifs is 1. The Morgan fingerprint density at radius 2 is 1.82 bits per heavy atom. The van der Waals surface area contributed by atoms with Crippen LogP contribution in [0.25, 0.3) is 10.9 Å². The summed E-state index contributed by atoms with van der Waals surface area (Å²) in [6, 6.07) is 12.9. The minimum absolute atomic E-state index is 0.183. The number of carbonyl (C=O) groups excluding carboxylic acids is 1. The van der Waals surface area contributed by atoms with Crippen molar-refractivity contribution in [1.82, 2.24) is 3.97 Å². The Morgan fingerprint density at radius 1 is 1.09 bits per heavy atom. The summed E-state index contributed by atoms with van der Waals surface area (Å²) in [5, 5.41) is 0.565. The van der Waals surface area contributed by atoms with Crippen LogP contribution in [0.4, 0.5) is 0 Å². The van der Waals surface area contributed by atoms with Crippen molar-refractivity contribution in [2.45, 2.75) is 4.90 Å². The van der Waals surface area contributed by atoms with E-state index in [1.54, 1.807) is 36.4 Å². The number of rotatable bonds is 4. The smallest absolute Gasteiger partial charge is 0.268 e. The Morgan fingerprint density at radius 3 is 2.45 bits per heavy atom. The second kappa shape index (κ2) is 5.31. The Balaban J connectivity index is 2.31. The minimum atomic E-state index is -3.73. The van der Waals surface area contributed by atoms with Gasteiger partial charge in [0.1, 0.15) is 5.75 Å². The normalized spacial score (nSPS) is 11.5. The van der Waals surface area contributed by atoms with E-state index in [1.807, 2.05) is 0 Å². The molecule has 112 valence electrons. The minimum Gasteiger partial charge on any atom is -0.497 e. The lowest BCUT2D eigenvalue weighted by Crippen LogP contribution is -2.11. The number of aldehydes is 1. The third kappa shape index (κ3) is 2.17. The van der Waals surface area contributed by atoms with Gasteiger partial charge in [-0.2, -0.15) is 0 Å². The fourth-order valence-electron chi connectivity index (χ4n) is 2.35. The quantitative estimate of drug-likeness (QED) is 0.694. The van der Waals surface area contributed by atoms with Gasteiger partial charge in [-0.25, -0.2) is 12.4 Å². The van der Waals surface area contributed by atoms with E-state index in [-0.39, 0.29) is 4.90 Å². The maximum Gasteiger partial charge on any atom is 0.268 e. The molecule has 3 aromatic rings. The lowest BCUT2D eigenvalue weighted by atomic mass is 10.1.